The molecular weight excluding hydrogens is 637 g/mol. The number of hydrogen-bond acceptors (Lipinski definition) is 7. The summed E-state index contributed by atoms with van der Waals surface area (Å²) < 4.78 is 26.8. The second kappa shape index (κ2) is 33.6. The first-order valence-corrected chi connectivity index (χ1v) is 20.9. The van der Waals surface area contributed by atoms with Gasteiger partial charge in [0.15, 0.2) is 0 Å². The number of aliphatic hydroxyl groups excluding tert-OH is 1. The largest absolute Gasteiger partial charge is 0.756 e. The minimum Gasteiger partial charge on any atom is -0.756 e. The summed E-state index contributed by atoms with van der Waals surface area (Å²) in [5.41, 5.74) is 0. The molecule has 286 valence electrons. The number of rotatable bonds is 35. The Morgan fingerprint density at radius 3 is 1.55 bits per heavy atom. The summed E-state index contributed by atoms with van der Waals surface area (Å²) in [7, 11) is 1.25. The van der Waals surface area contributed by atoms with Crippen molar-refractivity contribution in [1.82, 2.24) is 0 Å². The van der Waals surface area contributed by atoms with E-state index in [-0.39, 0.29) is 19.2 Å². The molecule has 0 aromatic rings. The Morgan fingerprint density at radius 1 is 0.653 bits per heavy atom. The van der Waals surface area contributed by atoms with E-state index in [1.165, 1.54) is 89.9 Å². The monoisotopic (exact) mass is 712 g/mol. The second-order valence-corrected chi connectivity index (χ2v) is 15.5. The van der Waals surface area contributed by atoms with Gasteiger partial charge in [-0.3, -0.25) is 9.36 Å². The van der Waals surface area contributed by atoms with Crippen LogP contribution in [0.5, 0.6) is 0 Å². The van der Waals surface area contributed by atoms with E-state index in [0.717, 1.165) is 44.9 Å². The fourth-order valence-corrected chi connectivity index (χ4v) is 5.79. The number of ether oxygens (including phenoxy) is 1. The maximum atomic E-state index is 11.9. The molecule has 0 spiro atoms. The number of aliphatic hydroxyl groups is 1. The number of nitrogens with zero attached hydrogens (tertiary/aromatic N) is 1. The van der Waals surface area contributed by atoms with Crippen LogP contribution >= 0.6 is 7.82 Å². The van der Waals surface area contributed by atoms with Crippen molar-refractivity contribution in [3.05, 3.63) is 48.6 Å². The number of allylic oxidation sites excluding steroid dienone is 8. The van der Waals surface area contributed by atoms with Crippen LogP contribution < -0.4 is 4.89 Å². The zero-order valence-corrected chi connectivity index (χ0v) is 32.8. The van der Waals surface area contributed by atoms with E-state index in [0.29, 0.717) is 17.4 Å². The van der Waals surface area contributed by atoms with Crippen LogP contribution in [0.15, 0.2) is 48.6 Å². The molecule has 2 unspecified atom stereocenters. The van der Waals surface area contributed by atoms with Gasteiger partial charge in [-0.2, -0.15) is 0 Å². The Morgan fingerprint density at radius 2 is 1.08 bits per heavy atom. The number of esters is 1. The average molecular weight is 712 g/mol. The highest BCUT2D eigenvalue weighted by molar-refractivity contribution is 7.45. The van der Waals surface area contributed by atoms with E-state index in [4.69, 9.17) is 9.26 Å². The molecule has 0 fully saturated rings. The topological polar surface area (TPSA) is 105 Å². The molecule has 0 aliphatic carbocycles. The van der Waals surface area contributed by atoms with E-state index in [2.05, 4.69) is 60.1 Å². The molecule has 0 aromatic heterocycles. The zero-order chi connectivity index (χ0) is 36.3. The number of phosphoric acid groups is 1. The van der Waals surface area contributed by atoms with Crippen molar-refractivity contribution in [3.63, 3.8) is 0 Å². The lowest BCUT2D eigenvalue weighted by Gasteiger charge is -2.27. The first-order chi connectivity index (χ1) is 23.6. The van der Waals surface area contributed by atoms with Crippen LogP contribution in [-0.2, 0) is 23.1 Å². The molecule has 8 nitrogen and oxygen atoms in total. The number of carbonyl (C=O) groups is 1. The molecule has 0 radical (unpaired) electrons. The molecule has 0 amide bonds. The summed E-state index contributed by atoms with van der Waals surface area (Å²) in [6.45, 7) is 1.84. The lowest BCUT2D eigenvalue weighted by molar-refractivity contribution is -0.870. The first-order valence-electron chi connectivity index (χ1n) is 19.4. The van der Waals surface area contributed by atoms with Crippen molar-refractivity contribution in [2.45, 2.75) is 154 Å². The molecule has 49 heavy (non-hydrogen) atoms. The van der Waals surface area contributed by atoms with Crippen LogP contribution in [0.4, 0.5) is 0 Å². The molecule has 0 saturated heterocycles. The molecule has 0 aliphatic rings. The maximum absolute atomic E-state index is 11.9. The van der Waals surface area contributed by atoms with Gasteiger partial charge in [-0.15, -0.1) is 0 Å². The summed E-state index contributed by atoms with van der Waals surface area (Å²) >= 11 is 0. The third kappa shape index (κ3) is 39.1. The second-order valence-electron chi connectivity index (χ2n) is 14.1. The van der Waals surface area contributed by atoms with Crippen LogP contribution in [0.2, 0.25) is 0 Å². The third-order valence-corrected chi connectivity index (χ3v) is 9.06. The van der Waals surface area contributed by atoms with Gasteiger partial charge in [0.05, 0.1) is 27.7 Å². The summed E-state index contributed by atoms with van der Waals surface area (Å²) in [4.78, 5) is 23.7. The van der Waals surface area contributed by atoms with Gasteiger partial charge in [0.2, 0.25) is 0 Å². The Labute approximate surface area is 301 Å². The van der Waals surface area contributed by atoms with Crippen LogP contribution in [-0.4, -0.2) is 69.2 Å². The lowest BCUT2D eigenvalue weighted by atomic mass is 10.0. The van der Waals surface area contributed by atoms with Crippen molar-refractivity contribution >= 4 is 13.8 Å². The van der Waals surface area contributed by atoms with Crippen LogP contribution in [0.25, 0.3) is 0 Å². The quantitative estimate of drug-likeness (QED) is 0.0229. The lowest BCUT2D eigenvalue weighted by Crippen LogP contribution is -2.37. The average Bonchev–Trinajstić information content (AvgIpc) is 3.05. The van der Waals surface area contributed by atoms with E-state index >= 15 is 0 Å². The van der Waals surface area contributed by atoms with Gasteiger partial charge in [0.1, 0.15) is 25.9 Å². The van der Waals surface area contributed by atoms with Gasteiger partial charge in [-0.05, 0) is 44.9 Å². The maximum Gasteiger partial charge on any atom is 0.305 e. The molecule has 0 heterocycles. The Kier molecular flexibility index (Phi) is 32.5. The van der Waals surface area contributed by atoms with Crippen molar-refractivity contribution in [2.75, 3.05) is 47.5 Å². The highest BCUT2D eigenvalue weighted by Crippen LogP contribution is 2.38. The van der Waals surface area contributed by atoms with E-state index in [1.807, 2.05) is 21.1 Å². The fourth-order valence-electron chi connectivity index (χ4n) is 5.05. The van der Waals surface area contributed by atoms with Gasteiger partial charge in [-0.1, -0.05) is 145 Å². The molecule has 9 heteroatoms. The Hall–Kier alpha value is -1.54. The molecule has 0 aromatic carbocycles. The molecule has 0 saturated carbocycles. The highest BCUT2D eigenvalue weighted by atomic mass is 31.2. The number of carbonyl (C=O) groups excluding carboxylic acids is 1. The number of hydrogen-bond donors (Lipinski definition) is 1. The predicted molar refractivity (Wildman–Crippen MR) is 203 cm³/mol. The number of unbranched alkanes of at least 4 members (excludes halogenated alkanes) is 16. The minimum absolute atomic E-state index is 0.00871. The van der Waals surface area contributed by atoms with Crippen molar-refractivity contribution < 1.29 is 37.6 Å². The van der Waals surface area contributed by atoms with Crippen LogP contribution in [0, 0.1) is 0 Å². The van der Waals surface area contributed by atoms with E-state index < -0.39 is 20.5 Å². The molecule has 1 N–H and O–H groups in total. The van der Waals surface area contributed by atoms with Gasteiger partial charge < -0.3 is 28.3 Å². The molecule has 0 rings (SSSR count). The minimum atomic E-state index is -4.50. The summed E-state index contributed by atoms with van der Waals surface area (Å²) in [5.74, 6) is -0.388. The summed E-state index contributed by atoms with van der Waals surface area (Å²) in [6, 6.07) is 0. The summed E-state index contributed by atoms with van der Waals surface area (Å²) in [5, 5.41) is 9.87. The predicted octanol–water partition coefficient (Wildman–Crippen LogP) is 9.93. The molecular formula is C40H74NO7P. The molecule has 2 atom stereocenters. The van der Waals surface area contributed by atoms with Crippen LogP contribution in [0.1, 0.15) is 148 Å². The van der Waals surface area contributed by atoms with Gasteiger partial charge >= 0.3 is 5.97 Å². The van der Waals surface area contributed by atoms with Gasteiger partial charge in [0, 0.05) is 6.42 Å². The fraction of sp³-hybridized carbons (Fsp3) is 0.775. The number of phosphoric ester groups is 1. The zero-order valence-electron chi connectivity index (χ0n) is 31.9. The third-order valence-electron chi connectivity index (χ3n) is 8.09. The number of quaternary nitrogens is 1. The van der Waals surface area contributed by atoms with Crippen LogP contribution in [0.3, 0.4) is 0 Å². The highest BCUT2D eigenvalue weighted by Gasteiger charge is 2.16. The smallest absolute Gasteiger partial charge is 0.305 e. The first kappa shape index (κ1) is 47.5. The SMILES string of the molecule is CC/C=C\C/C=C\C/C=C\C/C=C\CCCCCCCCCCCCCCCCCCC(=O)OCC(O)COP(=O)([O-])OCC[N+](C)(C)C. The molecule has 0 bridgehead atoms. The van der Waals surface area contributed by atoms with E-state index in [1.54, 1.807) is 0 Å². The van der Waals surface area contributed by atoms with Crippen molar-refractivity contribution in [3.8, 4) is 0 Å². The van der Waals surface area contributed by atoms with E-state index in [9.17, 15) is 19.4 Å². The summed E-state index contributed by atoms with van der Waals surface area (Å²) in [6.07, 6.45) is 42.7. The van der Waals surface area contributed by atoms with Gasteiger partial charge in [0.25, 0.3) is 7.82 Å². The van der Waals surface area contributed by atoms with Crippen molar-refractivity contribution in [1.29, 1.82) is 0 Å². The normalized spacial score (nSPS) is 14.5. The number of likely N-dealkylation sites (N-methyl/N-ethyl adjacent to an activating group) is 1. The van der Waals surface area contributed by atoms with Crippen molar-refractivity contribution in [2.24, 2.45) is 0 Å². The Bertz CT molecular complexity index is 926. The molecule has 0 aliphatic heterocycles. The standard InChI is InChI=1S/C40H74NO7P/c1-5-6-7-8-9-10-11-12-13-14-15-16-17-18-19-20-21-22-23-24-25-26-27-28-29-30-31-32-33-34-40(43)46-37-39(42)38-48-49(44,45)47-36-35-41(2,3)4/h6-7,9-10,12-13,15-16,39,42H,5,8,11,14,17-38H2,1-4H3/b7-6-,10-9-,13-12-,16-15-. The van der Waals surface area contributed by atoms with Gasteiger partial charge in [-0.25, -0.2) is 0 Å². The Balaban J connectivity index is 3.42.